The van der Waals surface area contributed by atoms with Gasteiger partial charge in [0.15, 0.2) is 11.5 Å². The number of rotatable bonds is 6. The Labute approximate surface area is 163 Å². The lowest BCUT2D eigenvalue weighted by Gasteiger charge is -2.07. The lowest BCUT2D eigenvalue weighted by Crippen LogP contribution is -2.27. The Hall–Kier alpha value is -2.97. The normalized spacial score (nSPS) is 10.9. The number of hydrogen-bond acceptors (Lipinski definition) is 6. The van der Waals surface area contributed by atoms with Gasteiger partial charge in [-0.15, -0.1) is 26.6 Å². The average molecular weight is 400 g/mol. The number of amides is 1. The van der Waals surface area contributed by atoms with E-state index in [4.69, 9.17) is 16.3 Å². The summed E-state index contributed by atoms with van der Waals surface area (Å²) in [7, 11) is 0. The number of carbonyl (C=O) groups is 1. The summed E-state index contributed by atoms with van der Waals surface area (Å²) in [6, 6.07) is 14.5. The standard InChI is InChI=1S/C18H14ClN5O2S/c19-13-5-2-1-4-12(13)17-22-21-15-7-8-16(23-24(15)17)26-10-9-20-18(25)14-6-3-11-27-14/h1-8,11H,9-10H2,(H,20,25). The average Bonchev–Trinajstić information content (AvgIpc) is 3.35. The van der Waals surface area contributed by atoms with Crippen molar-refractivity contribution in [2.45, 2.75) is 0 Å². The van der Waals surface area contributed by atoms with Gasteiger partial charge < -0.3 is 10.1 Å². The van der Waals surface area contributed by atoms with Crippen LogP contribution in [-0.4, -0.2) is 38.9 Å². The second-order valence-electron chi connectivity index (χ2n) is 5.53. The van der Waals surface area contributed by atoms with Crippen LogP contribution < -0.4 is 10.1 Å². The largest absolute Gasteiger partial charge is 0.475 e. The number of fused-ring (bicyclic) bond motifs is 1. The predicted molar refractivity (Wildman–Crippen MR) is 103 cm³/mol. The molecule has 9 heteroatoms. The third-order valence-corrected chi connectivity index (χ3v) is 4.93. The summed E-state index contributed by atoms with van der Waals surface area (Å²) in [5, 5.41) is 17.9. The van der Waals surface area contributed by atoms with E-state index in [1.165, 1.54) is 11.3 Å². The van der Waals surface area contributed by atoms with E-state index in [1.807, 2.05) is 29.6 Å². The number of nitrogens with one attached hydrogen (secondary N) is 1. The molecule has 1 aromatic carbocycles. The maximum Gasteiger partial charge on any atom is 0.261 e. The highest BCUT2D eigenvalue weighted by atomic mass is 35.5. The van der Waals surface area contributed by atoms with Gasteiger partial charge in [0.2, 0.25) is 5.88 Å². The van der Waals surface area contributed by atoms with Crippen LogP contribution in [0.1, 0.15) is 9.67 Å². The zero-order valence-corrected chi connectivity index (χ0v) is 15.6. The fraction of sp³-hybridized carbons (Fsp3) is 0.111. The number of halogens is 1. The first-order valence-electron chi connectivity index (χ1n) is 8.14. The Kier molecular flexibility index (Phi) is 4.99. The zero-order chi connectivity index (χ0) is 18.6. The van der Waals surface area contributed by atoms with Crippen LogP contribution in [0.4, 0.5) is 0 Å². The molecular formula is C18H14ClN5O2S. The van der Waals surface area contributed by atoms with Crippen LogP contribution >= 0.6 is 22.9 Å². The molecule has 0 saturated carbocycles. The summed E-state index contributed by atoms with van der Waals surface area (Å²) in [5.41, 5.74) is 1.32. The number of ether oxygens (including phenoxy) is 1. The van der Waals surface area contributed by atoms with Gasteiger partial charge in [0, 0.05) is 11.6 Å². The van der Waals surface area contributed by atoms with Gasteiger partial charge in [0.1, 0.15) is 6.61 Å². The minimum atomic E-state index is -0.114. The molecule has 0 atom stereocenters. The molecule has 0 fully saturated rings. The molecular weight excluding hydrogens is 386 g/mol. The Morgan fingerprint density at radius 3 is 2.85 bits per heavy atom. The molecule has 7 nitrogen and oxygen atoms in total. The minimum absolute atomic E-state index is 0.114. The highest BCUT2D eigenvalue weighted by Crippen LogP contribution is 2.26. The van der Waals surface area contributed by atoms with E-state index in [-0.39, 0.29) is 5.91 Å². The first-order valence-corrected chi connectivity index (χ1v) is 9.40. The van der Waals surface area contributed by atoms with Gasteiger partial charge in [-0.25, -0.2) is 0 Å². The molecule has 4 rings (SSSR count). The lowest BCUT2D eigenvalue weighted by atomic mass is 10.2. The van der Waals surface area contributed by atoms with E-state index in [9.17, 15) is 4.79 Å². The highest BCUT2D eigenvalue weighted by Gasteiger charge is 2.13. The Bertz CT molecular complexity index is 1080. The molecule has 27 heavy (non-hydrogen) atoms. The van der Waals surface area contributed by atoms with Crippen LogP contribution in [0.15, 0.2) is 53.9 Å². The molecule has 0 unspecified atom stereocenters. The van der Waals surface area contributed by atoms with E-state index >= 15 is 0 Å². The summed E-state index contributed by atoms with van der Waals surface area (Å²) in [5.74, 6) is 0.824. The van der Waals surface area contributed by atoms with Gasteiger partial charge >= 0.3 is 0 Å². The van der Waals surface area contributed by atoms with Gasteiger partial charge in [-0.05, 0) is 29.6 Å². The molecule has 0 aliphatic heterocycles. The van der Waals surface area contributed by atoms with Crippen LogP contribution in [0.3, 0.4) is 0 Å². The number of aromatic nitrogens is 4. The molecule has 4 aromatic rings. The molecule has 0 aliphatic rings. The molecule has 0 aliphatic carbocycles. The fourth-order valence-electron chi connectivity index (χ4n) is 2.47. The second-order valence-corrected chi connectivity index (χ2v) is 6.88. The summed E-state index contributed by atoms with van der Waals surface area (Å²) < 4.78 is 7.22. The van der Waals surface area contributed by atoms with Gasteiger partial charge in [0.05, 0.1) is 16.4 Å². The Morgan fingerprint density at radius 1 is 1.15 bits per heavy atom. The molecule has 0 radical (unpaired) electrons. The van der Waals surface area contributed by atoms with Crippen molar-refractivity contribution >= 4 is 34.5 Å². The van der Waals surface area contributed by atoms with Crippen LogP contribution in [0.5, 0.6) is 5.88 Å². The van der Waals surface area contributed by atoms with Crippen molar-refractivity contribution in [3.05, 3.63) is 63.8 Å². The van der Waals surface area contributed by atoms with Gasteiger partial charge in [-0.3, -0.25) is 4.79 Å². The minimum Gasteiger partial charge on any atom is -0.475 e. The van der Waals surface area contributed by atoms with E-state index in [0.29, 0.717) is 40.4 Å². The highest BCUT2D eigenvalue weighted by molar-refractivity contribution is 7.12. The third kappa shape index (κ3) is 3.76. The molecule has 3 aromatic heterocycles. The van der Waals surface area contributed by atoms with Crippen molar-refractivity contribution in [2.75, 3.05) is 13.2 Å². The van der Waals surface area contributed by atoms with Gasteiger partial charge in [-0.1, -0.05) is 29.8 Å². The first kappa shape index (κ1) is 17.4. The van der Waals surface area contributed by atoms with Crippen molar-refractivity contribution in [1.29, 1.82) is 0 Å². The lowest BCUT2D eigenvalue weighted by molar-refractivity contribution is 0.0950. The monoisotopic (exact) mass is 399 g/mol. The quantitative estimate of drug-likeness (QED) is 0.503. The van der Waals surface area contributed by atoms with E-state index in [1.54, 1.807) is 28.8 Å². The topological polar surface area (TPSA) is 81.4 Å². The van der Waals surface area contributed by atoms with Gasteiger partial charge in [0.25, 0.3) is 5.91 Å². The van der Waals surface area contributed by atoms with Crippen molar-refractivity contribution < 1.29 is 9.53 Å². The number of benzene rings is 1. The van der Waals surface area contributed by atoms with Crippen LogP contribution in [-0.2, 0) is 0 Å². The molecule has 1 amide bonds. The van der Waals surface area contributed by atoms with Crippen molar-refractivity contribution in [3.63, 3.8) is 0 Å². The third-order valence-electron chi connectivity index (χ3n) is 3.74. The van der Waals surface area contributed by atoms with E-state index in [2.05, 4.69) is 20.6 Å². The van der Waals surface area contributed by atoms with Crippen LogP contribution in [0.2, 0.25) is 5.02 Å². The smallest absolute Gasteiger partial charge is 0.261 e. The van der Waals surface area contributed by atoms with Gasteiger partial charge in [-0.2, -0.15) is 4.52 Å². The number of hydrogen-bond donors (Lipinski definition) is 1. The number of carbonyl (C=O) groups excluding carboxylic acids is 1. The Balaban J connectivity index is 1.45. The molecule has 136 valence electrons. The summed E-state index contributed by atoms with van der Waals surface area (Å²) >= 11 is 7.65. The second kappa shape index (κ2) is 7.73. The number of thiophene rings is 1. The summed E-state index contributed by atoms with van der Waals surface area (Å²) in [4.78, 5) is 12.6. The fourth-order valence-corrected chi connectivity index (χ4v) is 3.33. The van der Waals surface area contributed by atoms with Crippen molar-refractivity contribution in [1.82, 2.24) is 25.1 Å². The van der Waals surface area contributed by atoms with Crippen LogP contribution in [0.25, 0.3) is 17.0 Å². The number of nitrogens with zero attached hydrogens (tertiary/aromatic N) is 4. The molecule has 0 spiro atoms. The molecule has 0 saturated heterocycles. The van der Waals surface area contributed by atoms with E-state index < -0.39 is 0 Å². The SMILES string of the molecule is O=C(NCCOc1ccc2nnc(-c3ccccc3Cl)n2n1)c1cccs1. The molecule has 1 N–H and O–H groups in total. The zero-order valence-electron chi connectivity index (χ0n) is 14.0. The Morgan fingerprint density at radius 2 is 2.04 bits per heavy atom. The maximum atomic E-state index is 11.9. The van der Waals surface area contributed by atoms with Crippen LogP contribution in [0, 0.1) is 0 Å². The summed E-state index contributed by atoms with van der Waals surface area (Å²) in [6.07, 6.45) is 0. The van der Waals surface area contributed by atoms with E-state index in [0.717, 1.165) is 5.56 Å². The summed E-state index contributed by atoms with van der Waals surface area (Å²) in [6.45, 7) is 0.662. The van der Waals surface area contributed by atoms with Crippen molar-refractivity contribution in [2.24, 2.45) is 0 Å². The maximum absolute atomic E-state index is 11.9. The molecule has 0 bridgehead atoms. The first-order chi connectivity index (χ1) is 13.2. The predicted octanol–water partition coefficient (Wildman–Crippen LogP) is 3.32. The molecule has 3 heterocycles. The van der Waals surface area contributed by atoms with Crippen molar-refractivity contribution in [3.8, 4) is 17.3 Å².